The first-order chi connectivity index (χ1) is 17.6. The third kappa shape index (κ3) is 5.06. The molecule has 8 nitrogen and oxygen atoms in total. The number of hydrogen-bond acceptors (Lipinski definition) is 6. The Hall–Kier alpha value is -4.63. The highest BCUT2D eigenvalue weighted by atomic mass is 32.1. The molecule has 0 aliphatic rings. The van der Waals surface area contributed by atoms with E-state index in [4.69, 9.17) is 10.1 Å². The largest absolute Gasteiger partial charge is 0.306 e. The molecule has 0 N–H and O–H groups in total. The zero-order valence-electron chi connectivity index (χ0n) is 19.4. The van der Waals surface area contributed by atoms with Crippen molar-refractivity contribution in [2.45, 2.75) is 13.5 Å². The summed E-state index contributed by atoms with van der Waals surface area (Å²) in [5.74, 6) is 0. The van der Waals surface area contributed by atoms with Crippen LogP contribution < -0.4 is 4.80 Å². The van der Waals surface area contributed by atoms with Crippen LogP contribution in [0.2, 0.25) is 0 Å². The van der Waals surface area contributed by atoms with E-state index in [-0.39, 0.29) is 5.69 Å². The minimum Gasteiger partial charge on any atom is -0.306 e. The number of aromatic nitrogens is 3. The number of rotatable bonds is 7. The van der Waals surface area contributed by atoms with Gasteiger partial charge in [-0.1, -0.05) is 42.5 Å². The zero-order valence-corrected chi connectivity index (χ0v) is 20.2. The van der Waals surface area contributed by atoms with E-state index in [0.29, 0.717) is 6.54 Å². The number of nitro benzene ring substituents is 1. The minimum absolute atomic E-state index is 0.0483. The quantitative estimate of drug-likeness (QED) is 0.165. The summed E-state index contributed by atoms with van der Waals surface area (Å²) in [6.45, 7) is 2.48. The molecule has 0 aliphatic heterocycles. The smallest absolute Gasteiger partial charge is 0.269 e. The van der Waals surface area contributed by atoms with Crippen LogP contribution in [-0.2, 0) is 6.54 Å². The number of imidazole rings is 1. The predicted octanol–water partition coefficient (Wildman–Crippen LogP) is 5.68. The lowest BCUT2D eigenvalue weighted by Crippen LogP contribution is -2.14. The molecule has 36 heavy (non-hydrogen) atoms. The Balaban J connectivity index is 1.54. The van der Waals surface area contributed by atoms with Crippen molar-refractivity contribution in [1.29, 1.82) is 0 Å². The second-order valence-corrected chi connectivity index (χ2v) is 8.86. The normalized spacial score (nSPS) is 12.1. The SMILES string of the molecule is CC(=Nn1c(-c2ccc([N+](=O)[O-])cc2)csc1=NCc1ccccc1)c1ccc(-n2ccnc2)cc1. The van der Waals surface area contributed by atoms with Gasteiger partial charge in [-0.2, -0.15) is 5.10 Å². The molecule has 0 unspecified atom stereocenters. The number of hydrogen-bond donors (Lipinski definition) is 0. The standard InChI is InChI=1S/C27H22N6O2S/c1-20(22-7-11-24(12-8-22)31-16-15-28-19-31)30-32-26(23-9-13-25(14-10-23)33(34)35)18-36-27(32)29-17-21-5-3-2-4-6-21/h2-16,18-19H,17H2,1H3. The maximum atomic E-state index is 11.1. The van der Waals surface area contributed by atoms with Crippen molar-refractivity contribution in [3.63, 3.8) is 0 Å². The molecule has 3 aromatic carbocycles. The van der Waals surface area contributed by atoms with Gasteiger partial charge in [0.05, 0.1) is 29.2 Å². The summed E-state index contributed by atoms with van der Waals surface area (Å²) in [5, 5.41) is 18.0. The van der Waals surface area contributed by atoms with Gasteiger partial charge in [0.1, 0.15) is 0 Å². The molecule has 2 aromatic heterocycles. The van der Waals surface area contributed by atoms with Crippen molar-refractivity contribution in [2.75, 3.05) is 0 Å². The molecule has 9 heteroatoms. The maximum Gasteiger partial charge on any atom is 0.269 e. The van der Waals surface area contributed by atoms with Gasteiger partial charge < -0.3 is 4.57 Å². The Morgan fingerprint density at radius 2 is 1.78 bits per heavy atom. The fourth-order valence-corrected chi connectivity index (χ4v) is 4.52. The molecule has 0 bridgehead atoms. The Morgan fingerprint density at radius 1 is 1.03 bits per heavy atom. The van der Waals surface area contributed by atoms with E-state index in [2.05, 4.69) is 4.98 Å². The molecular formula is C27H22N6O2S. The van der Waals surface area contributed by atoms with Gasteiger partial charge in [-0.15, -0.1) is 11.3 Å². The third-order valence-electron chi connectivity index (χ3n) is 5.64. The summed E-state index contributed by atoms with van der Waals surface area (Å²) in [4.78, 5) is 20.4. The molecule has 5 rings (SSSR count). The topological polar surface area (TPSA) is 90.6 Å². The van der Waals surface area contributed by atoms with Gasteiger partial charge in [-0.05, 0) is 42.3 Å². The molecule has 2 heterocycles. The van der Waals surface area contributed by atoms with Gasteiger partial charge in [0.2, 0.25) is 4.80 Å². The lowest BCUT2D eigenvalue weighted by Gasteiger charge is -2.08. The number of benzene rings is 3. The predicted molar refractivity (Wildman–Crippen MR) is 141 cm³/mol. The van der Waals surface area contributed by atoms with E-state index in [1.54, 1.807) is 24.7 Å². The monoisotopic (exact) mass is 494 g/mol. The van der Waals surface area contributed by atoms with Gasteiger partial charge in [-0.3, -0.25) is 15.1 Å². The van der Waals surface area contributed by atoms with Crippen LogP contribution in [0.4, 0.5) is 5.69 Å². The molecule has 0 amide bonds. The maximum absolute atomic E-state index is 11.1. The van der Waals surface area contributed by atoms with Crippen LogP contribution in [0, 0.1) is 10.1 Å². The third-order valence-corrected chi connectivity index (χ3v) is 6.49. The van der Waals surface area contributed by atoms with Gasteiger partial charge >= 0.3 is 0 Å². The van der Waals surface area contributed by atoms with Crippen molar-refractivity contribution in [1.82, 2.24) is 14.2 Å². The van der Waals surface area contributed by atoms with Gasteiger partial charge in [-0.25, -0.2) is 9.66 Å². The van der Waals surface area contributed by atoms with E-state index in [1.165, 1.54) is 23.5 Å². The second-order valence-electron chi connectivity index (χ2n) is 8.02. The average molecular weight is 495 g/mol. The van der Waals surface area contributed by atoms with Crippen LogP contribution in [-0.4, -0.2) is 24.9 Å². The molecule has 0 fully saturated rings. The molecule has 5 aromatic rings. The van der Waals surface area contributed by atoms with Crippen molar-refractivity contribution in [2.24, 2.45) is 10.1 Å². The van der Waals surface area contributed by atoms with Crippen LogP contribution in [0.1, 0.15) is 18.1 Å². The summed E-state index contributed by atoms with van der Waals surface area (Å²) in [6.07, 6.45) is 5.40. The lowest BCUT2D eigenvalue weighted by atomic mass is 10.1. The van der Waals surface area contributed by atoms with E-state index < -0.39 is 4.92 Å². The Kier molecular flexibility index (Phi) is 6.63. The Morgan fingerprint density at radius 3 is 2.44 bits per heavy atom. The summed E-state index contributed by atoms with van der Waals surface area (Å²) < 4.78 is 3.75. The molecular weight excluding hydrogens is 472 g/mol. The average Bonchev–Trinajstić information content (AvgIpc) is 3.59. The fraction of sp³-hybridized carbons (Fsp3) is 0.0741. The number of non-ortho nitro benzene ring substituents is 1. The summed E-state index contributed by atoms with van der Waals surface area (Å²) in [6, 6.07) is 24.6. The van der Waals surface area contributed by atoms with E-state index in [0.717, 1.165) is 38.6 Å². The molecule has 178 valence electrons. The van der Waals surface area contributed by atoms with Gasteiger partial charge in [0, 0.05) is 41.2 Å². The van der Waals surface area contributed by atoms with Crippen molar-refractivity contribution in [3.8, 4) is 16.9 Å². The van der Waals surface area contributed by atoms with Crippen LogP contribution in [0.3, 0.4) is 0 Å². The molecule has 0 radical (unpaired) electrons. The first-order valence-corrected chi connectivity index (χ1v) is 12.1. The van der Waals surface area contributed by atoms with Crippen molar-refractivity contribution >= 4 is 22.7 Å². The van der Waals surface area contributed by atoms with Gasteiger partial charge in [0.25, 0.3) is 5.69 Å². The number of thiazole rings is 1. The van der Waals surface area contributed by atoms with E-state index in [9.17, 15) is 10.1 Å². The summed E-state index contributed by atoms with van der Waals surface area (Å²) in [7, 11) is 0. The van der Waals surface area contributed by atoms with E-state index >= 15 is 0 Å². The summed E-state index contributed by atoms with van der Waals surface area (Å²) in [5.41, 5.74) is 5.59. The highest BCUT2D eigenvalue weighted by Gasteiger charge is 2.11. The molecule has 0 saturated heterocycles. The van der Waals surface area contributed by atoms with Crippen molar-refractivity contribution < 1.29 is 4.92 Å². The highest BCUT2D eigenvalue weighted by Crippen LogP contribution is 2.23. The minimum atomic E-state index is -0.401. The first kappa shape index (κ1) is 23.1. The second kappa shape index (κ2) is 10.3. The molecule has 0 atom stereocenters. The Labute approximate surface area is 211 Å². The summed E-state index contributed by atoms with van der Waals surface area (Å²) >= 11 is 1.48. The van der Waals surface area contributed by atoms with Gasteiger partial charge in [0.15, 0.2) is 0 Å². The molecule has 0 spiro atoms. The number of nitrogens with zero attached hydrogens (tertiary/aromatic N) is 6. The fourth-order valence-electron chi connectivity index (χ4n) is 3.69. The molecule has 0 aliphatic carbocycles. The zero-order chi connectivity index (χ0) is 24.9. The van der Waals surface area contributed by atoms with Crippen molar-refractivity contribution in [3.05, 3.63) is 129 Å². The van der Waals surface area contributed by atoms with Crippen LogP contribution in [0.25, 0.3) is 16.9 Å². The number of nitro groups is 1. The van der Waals surface area contributed by atoms with Crippen LogP contribution in [0.5, 0.6) is 0 Å². The highest BCUT2D eigenvalue weighted by molar-refractivity contribution is 7.07. The van der Waals surface area contributed by atoms with Crippen LogP contribution in [0.15, 0.2) is 113 Å². The lowest BCUT2D eigenvalue weighted by molar-refractivity contribution is -0.384. The Bertz CT molecular complexity index is 1570. The van der Waals surface area contributed by atoms with E-state index in [1.807, 2.05) is 82.3 Å². The molecule has 0 saturated carbocycles. The first-order valence-electron chi connectivity index (χ1n) is 11.2. The van der Waals surface area contributed by atoms with Crippen LogP contribution >= 0.6 is 11.3 Å².